The van der Waals surface area contributed by atoms with Gasteiger partial charge >= 0.3 is 0 Å². The Labute approximate surface area is 155 Å². The summed E-state index contributed by atoms with van der Waals surface area (Å²) in [5.74, 6) is 0.543. The third-order valence-electron chi connectivity index (χ3n) is 4.92. The fraction of sp³-hybridized carbons (Fsp3) is 0.688. The molecule has 3 rings (SSSR count). The lowest BCUT2D eigenvalue weighted by Gasteiger charge is -2.31. The maximum absolute atomic E-state index is 12.8. The van der Waals surface area contributed by atoms with Crippen molar-refractivity contribution in [1.29, 1.82) is 0 Å². The average molecular weight is 391 g/mol. The van der Waals surface area contributed by atoms with E-state index < -0.39 is 10.0 Å². The Kier molecular flexibility index (Phi) is 6.53. The third kappa shape index (κ3) is 4.55. The molecule has 0 unspecified atom stereocenters. The molecular formula is C16H27ClN4O3S. The maximum atomic E-state index is 12.8. The van der Waals surface area contributed by atoms with Gasteiger partial charge in [-0.25, -0.2) is 8.42 Å². The van der Waals surface area contributed by atoms with Gasteiger partial charge in [0.05, 0.1) is 0 Å². The summed E-state index contributed by atoms with van der Waals surface area (Å²) < 4.78 is 28.7. The Morgan fingerprint density at radius 1 is 1.24 bits per heavy atom. The van der Waals surface area contributed by atoms with E-state index >= 15 is 0 Å². The molecule has 2 aliphatic rings. The topological polar surface area (TPSA) is 83.4 Å². The van der Waals surface area contributed by atoms with Crippen LogP contribution in [0.4, 0.5) is 0 Å². The summed E-state index contributed by atoms with van der Waals surface area (Å²) >= 11 is 0. The highest BCUT2D eigenvalue weighted by atomic mass is 35.5. The molecule has 0 bridgehead atoms. The van der Waals surface area contributed by atoms with E-state index in [2.05, 4.69) is 10.6 Å². The Bertz CT molecular complexity index is 707. The number of carbonyl (C=O) groups is 1. The number of nitrogens with one attached hydrogen (secondary N) is 2. The van der Waals surface area contributed by atoms with Crippen molar-refractivity contribution in [2.24, 2.45) is 13.0 Å². The van der Waals surface area contributed by atoms with Crippen LogP contribution >= 0.6 is 12.4 Å². The molecule has 1 aliphatic heterocycles. The number of amides is 1. The number of piperidine rings is 1. The first-order valence-corrected chi connectivity index (χ1v) is 9.98. The molecule has 0 atom stereocenters. The zero-order chi connectivity index (χ0) is 17.3. The number of carbonyl (C=O) groups excluding carboxylic acids is 1. The Hall–Kier alpha value is -1.09. The Balaban J connectivity index is 0.00000225. The second-order valence-corrected chi connectivity index (χ2v) is 8.72. The number of halogens is 1. The van der Waals surface area contributed by atoms with E-state index in [1.54, 1.807) is 11.6 Å². The van der Waals surface area contributed by atoms with Crippen LogP contribution in [-0.4, -0.2) is 55.9 Å². The van der Waals surface area contributed by atoms with Crippen LogP contribution in [0.15, 0.2) is 17.2 Å². The molecule has 1 aromatic heterocycles. The van der Waals surface area contributed by atoms with E-state index in [9.17, 15) is 13.2 Å². The molecule has 1 aliphatic carbocycles. The lowest BCUT2D eigenvalue weighted by Crippen LogP contribution is -2.45. The molecule has 2 fully saturated rings. The zero-order valence-electron chi connectivity index (χ0n) is 14.7. The van der Waals surface area contributed by atoms with Crippen molar-refractivity contribution in [2.75, 3.05) is 26.7 Å². The maximum Gasteiger partial charge on any atom is 0.267 e. The van der Waals surface area contributed by atoms with Crippen molar-refractivity contribution in [1.82, 2.24) is 19.5 Å². The molecule has 7 nitrogen and oxygen atoms in total. The van der Waals surface area contributed by atoms with Gasteiger partial charge in [0.25, 0.3) is 5.91 Å². The van der Waals surface area contributed by atoms with Crippen LogP contribution in [0.2, 0.25) is 0 Å². The SMILES string of the molecule is CNC(=O)c1cc(S(=O)(=O)N2CCC(NCC3CC3)CC2)cn1C.Cl. The summed E-state index contributed by atoms with van der Waals surface area (Å²) in [6.45, 7) is 2.11. The molecule has 1 saturated heterocycles. The van der Waals surface area contributed by atoms with E-state index in [4.69, 9.17) is 0 Å². The van der Waals surface area contributed by atoms with Crippen LogP contribution in [0.1, 0.15) is 36.2 Å². The van der Waals surface area contributed by atoms with E-state index in [0.717, 1.165) is 25.3 Å². The predicted octanol–water partition coefficient (Wildman–Crippen LogP) is 0.959. The van der Waals surface area contributed by atoms with Crippen molar-refractivity contribution in [3.8, 4) is 0 Å². The van der Waals surface area contributed by atoms with Gasteiger partial charge in [0.2, 0.25) is 10.0 Å². The number of aromatic nitrogens is 1. The summed E-state index contributed by atoms with van der Waals surface area (Å²) in [7, 11) is -0.334. The molecule has 142 valence electrons. The molecule has 9 heteroatoms. The molecule has 0 radical (unpaired) electrons. The van der Waals surface area contributed by atoms with Crippen LogP contribution in [0.5, 0.6) is 0 Å². The highest BCUT2D eigenvalue weighted by Gasteiger charge is 2.31. The second kappa shape index (κ2) is 8.07. The lowest BCUT2D eigenvalue weighted by molar-refractivity contribution is 0.0955. The van der Waals surface area contributed by atoms with Gasteiger partial charge < -0.3 is 15.2 Å². The summed E-state index contributed by atoms with van der Waals surface area (Å²) in [6, 6.07) is 1.86. The van der Waals surface area contributed by atoms with Gasteiger partial charge in [0.15, 0.2) is 0 Å². The number of nitrogens with zero attached hydrogens (tertiary/aromatic N) is 2. The molecule has 1 saturated carbocycles. The van der Waals surface area contributed by atoms with Crippen molar-refractivity contribution >= 4 is 28.3 Å². The van der Waals surface area contributed by atoms with E-state index in [1.807, 2.05) is 0 Å². The summed E-state index contributed by atoms with van der Waals surface area (Å²) in [5, 5.41) is 6.08. The lowest BCUT2D eigenvalue weighted by atomic mass is 10.1. The highest BCUT2D eigenvalue weighted by molar-refractivity contribution is 7.89. The first-order valence-electron chi connectivity index (χ1n) is 8.54. The van der Waals surface area contributed by atoms with E-state index in [-0.39, 0.29) is 23.2 Å². The first kappa shape index (κ1) is 20.2. The molecule has 2 heterocycles. The molecular weight excluding hydrogens is 364 g/mol. The standard InChI is InChI=1S/C16H26N4O3S.ClH/c1-17-16(21)15-9-14(11-19(15)2)24(22,23)20-7-5-13(6-8-20)18-10-12-3-4-12;/h9,11-13,18H,3-8,10H2,1-2H3,(H,17,21);1H. The molecule has 2 N–H and O–H groups in total. The number of rotatable bonds is 6. The number of sulfonamides is 1. The van der Waals surface area contributed by atoms with Crippen LogP contribution in [0.25, 0.3) is 0 Å². The molecule has 25 heavy (non-hydrogen) atoms. The highest BCUT2D eigenvalue weighted by Crippen LogP contribution is 2.28. The summed E-state index contributed by atoms with van der Waals surface area (Å²) in [5.41, 5.74) is 0.345. The van der Waals surface area contributed by atoms with Gasteiger partial charge in [-0.1, -0.05) is 0 Å². The third-order valence-corrected chi connectivity index (χ3v) is 6.79. The summed E-state index contributed by atoms with van der Waals surface area (Å²) in [4.78, 5) is 12.0. The van der Waals surface area contributed by atoms with Gasteiger partial charge in [-0.3, -0.25) is 4.79 Å². The van der Waals surface area contributed by atoms with Crippen molar-refractivity contribution < 1.29 is 13.2 Å². The molecule has 0 aromatic carbocycles. The number of hydrogen-bond acceptors (Lipinski definition) is 4. The van der Waals surface area contributed by atoms with Crippen LogP contribution < -0.4 is 10.6 Å². The minimum Gasteiger partial charge on any atom is -0.354 e. The van der Waals surface area contributed by atoms with Gasteiger partial charge in [-0.2, -0.15) is 4.31 Å². The second-order valence-electron chi connectivity index (χ2n) is 6.78. The van der Waals surface area contributed by atoms with Crippen molar-refractivity contribution in [3.63, 3.8) is 0 Å². The number of aryl methyl sites for hydroxylation is 1. The monoisotopic (exact) mass is 390 g/mol. The fourth-order valence-electron chi connectivity index (χ4n) is 3.13. The van der Waals surface area contributed by atoms with Gasteiger partial charge in [-0.05, 0) is 44.2 Å². The molecule has 1 aromatic rings. The Morgan fingerprint density at radius 3 is 2.44 bits per heavy atom. The quantitative estimate of drug-likeness (QED) is 0.757. The van der Waals surface area contributed by atoms with Crippen LogP contribution in [0, 0.1) is 5.92 Å². The van der Waals surface area contributed by atoms with Gasteiger partial charge in [-0.15, -0.1) is 12.4 Å². The minimum atomic E-state index is -3.54. The number of hydrogen-bond donors (Lipinski definition) is 2. The van der Waals surface area contributed by atoms with Crippen molar-refractivity contribution in [3.05, 3.63) is 18.0 Å². The average Bonchev–Trinajstić information content (AvgIpc) is 3.32. The molecule has 1 amide bonds. The first-order chi connectivity index (χ1) is 11.4. The van der Waals surface area contributed by atoms with Gasteiger partial charge in [0, 0.05) is 39.4 Å². The van der Waals surface area contributed by atoms with Crippen molar-refractivity contribution in [2.45, 2.75) is 36.6 Å². The van der Waals surface area contributed by atoms with Crippen LogP contribution in [0.3, 0.4) is 0 Å². The fourth-order valence-corrected chi connectivity index (χ4v) is 4.68. The Morgan fingerprint density at radius 2 is 1.88 bits per heavy atom. The van der Waals surface area contributed by atoms with Gasteiger partial charge in [0.1, 0.15) is 10.6 Å². The zero-order valence-corrected chi connectivity index (χ0v) is 16.3. The van der Waals surface area contributed by atoms with E-state index in [0.29, 0.717) is 24.8 Å². The van der Waals surface area contributed by atoms with Crippen LogP contribution in [-0.2, 0) is 17.1 Å². The predicted molar refractivity (Wildman–Crippen MR) is 98.6 cm³/mol. The smallest absolute Gasteiger partial charge is 0.267 e. The summed E-state index contributed by atoms with van der Waals surface area (Å²) in [6.07, 6.45) is 5.82. The molecule has 0 spiro atoms. The largest absolute Gasteiger partial charge is 0.354 e. The normalized spacial score (nSPS) is 19.4. The van der Waals surface area contributed by atoms with E-state index in [1.165, 1.54) is 36.5 Å². The minimum absolute atomic E-state index is 0.